The Morgan fingerprint density at radius 2 is 1.04 bits per heavy atom. The van der Waals surface area contributed by atoms with Gasteiger partial charge in [-0.05, 0) is 25.7 Å². The Bertz CT molecular complexity index is 608. The first-order valence-corrected chi connectivity index (χ1v) is 9.59. The largest absolute Gasteiger partial charge is 0.382 e. The maximum absolute atomic E-state index is 12.4. The van der Waals surface area contributed by atoms with Crippen LogP contribution in [0.25, 0.3) is 0 Å². The van der Waals surface area contributed by atoms with Crippen LogP contribution in [0, 0.1) is 0 Å². The van der Waals surface area contributed by atoms with E-state index < -0.39 is 0 Å². The fraction of sp³-hybridized carbons (Fsp3) is 0.667. The van der Waals surface area contributed by atoms with Crippen LogP contribution >= 0.6 is 0 Å². The highest BCUT2D eigenvalue weighted by atomic mass is 16.2. The molecular weight excluding hydrogens is 332 g/mol. The number of anilines is 2. The summed E-state index contributed by atoms with van der Waals surface area (Å²) < 4.78 is 0. The van der Waals surface area contributed by atoms with Gasteiger partial charge < -0.3 is 22.1 Å². The molecule has 1 aromatic heterocycles. The minimum Gasteiger partial charge on any atom is -0.382 e. The lowest BCUT2D eigenvalue weighted by Crippen LogP contribution is -2.39. The third kappa shape index (κ3) is 4.42. The average molecular weight is 360 g/mol. The van der Waals surface area contributed by atoms with Crippen molar-refractivity contribution >= 4 is 23.5 Å². The fourth-order valence-electron chi connectivity index (χ4n) is 3.80. The predicted octanol–water partition coefficient (Wildman–Crippen LogP) is 1.77. The summed E-state index contributed by atoms with van der Waals surface area (Å²) in [5.74, 6) is -0.900. The number of nitrogens with one attached hydrogen (secondary N) is 2. The van der Waals surface area contributed by atoms with Crippen LogP contribution in [0.5, 0.6) is 0 Å². The van der Waals surface area contributed by atoms with Gasteiger partial charge in [0.2, 0.25) is 0 Å². The van der Waals surface area contributed by atoms with Gasteiger partial charge in [0.25, 0.3) is 11.8 Å². The Kier molecular flexibility index (Phi) is 5.90. The van der Waals surface area contributed by atoms with Crippen molar-refractivity contribution in [3.8, 4) is 0 Å². The lowest BCUT2D eigenvalue weighted by atomic mass is 9.95. The molecule has 0 spiro atoms. The van der Waals surface area contributed by atoms with E-state index in [9.17, 15) is 9.59 Å². The van der Waals surface area contributed by atoms with E-state index in [4.69, 9.17) is 11.5 Å². The molecule has 0 saturated heterocycles. The molecule has 2 saturated carbocycles. The third-order valence-electron chi connectivity index (χ3n) is 5.26. The number of nitrogens with zero attached hydrogens (tertiary/aromatic N) is 2. The first-order valence-electron chi connectivity index (χ1n) is 9.59. The van der Waals surface area contributed by atoms with Gasteiger partial charge in [0.1, 0.15) is 0 Å². The highest BCUT2D eigenvalue weighted by Crippen LogP contribution is 2.20. The zero-order chi connectivity index (χ0) is 18.5. The highest BCUT2D eigenvalue weighted by Gasteiger charge is 2.24. The maximum Gasteiger partial charge on any atom is 0.274 e. The summed E-state index contributed by atoms with van der Waals surface area (Å²) in [5, 5.41) is 5.88. The van der Waals surface area contributed by atoms with Crippen molar-refractivity contribution < 1.29 is 9.59 Å². The molecule has 0 aromatic carbocycles. The first-order chi connectivity index (χ1) is 12.5. The Labute approximate surface area is 153 Å². The number of amides is 2. The Morgan fingerprint density at radius 1 is 0.692 bits per heavy atom. The normalized spacial score (nSPS) is 19.1. The molecule has 8 heteroatoms. The molecule has 2 fully saturated rings. The van der Waals surface area contributed by atoms with Crippen LogP contribution in [0.2, 0.25) is 0 Å². The predicted molar refractivity (Wildman–Crippen MR) is 99.5 cm³/mol. The van der Waals surface area contributed by atoms with E-state index in [1.807, 2.05) is 0 Å². The van der Waals surface area contributed by atoms with Gasteiger partial charge in [-0.2, -0.15) is 0 Å². The Hall–Kier alpha value is -2.38. The van der Waals surface area contributed by atoms with Crippen molar-refractivity contribution in [2.24, 2.45) is 0 Å². The summed E-state index contributed by atoms with van der Waals surface area (Å²) in [6.07, 6.45) is 10.6. The molecule has 3 rings (SSSR count). The van der Waals surface area contributed by atoms with E-state index in [0.717, 1.165) is 51.4 Å². The van der Waals surface area contributed by atoms with Crippen LogP contribution in [-0.4, -0.2) is 33.9 Å². The van der Waals surface area contributed by atoms with Crippen molar-refractivity contribution in [2.45, 2.75) is 76.3 Å². The molecule has 2 aliphatic rings. The monoisotopic (exact) mass is 360 g/mol. The number of nitrogen functional groups attached to an aromatic ring is 2. The lowest BCUT2D eigenvalue weighted by molar-refractivity contribution is 0.0909. The summed E-state index contributed by atoms with van der Waals surface area (Å²) >= 11 is 0. The van der Waals surface area contributed by atoms with Crippen LogP contribution in [0.15, 0.2) is 0 Å². The van der Waals surface area contributed by atoms with Gasteiger partial charge in [-0.25, -0.2) is 9.97 Å². The van der Waals surface area contributed by atoms with Gasteiger partial charge >= 0.3 is 0 Å². The van der Waals surface area contributed by atoms with Crippen LogP contribution in [-0.2, 0) is 0 Å². The minimum atomic E-state index is -0.382. The molecule has 142 valence electrons. The van der Waals surface area contributed by atoms with Crippen LogP contribution in [0.1, 0.15) is 85.2 Å². The van der Waals surface area contributed by atoms with Gasteiger partial charge in [-0.1, -0.05) is 38.5 Å². The number of carbonyl (C=O) groups is 2. The Balaban J connectivity index is 1.68. The molecule has 1 heterocycles. The van der Waals surface area contributed by atoms with Crippen LogP contribution in [0.3, 0.4) is 0 Å². The quantitative estimate of drug-likeness (QED) is 0.646. The maximum atomic E-state index is 12.4. The van der Waals surface area contributed by atoms with Gasteiger partial charge in [0, 0.05) is 12.1 Å². The van der Waals surface area contributed by atoms with E-state index >= 15 is 0 Å². The first kappa shape index (κ1) is 18.4. The van der Waals surface area contributed by atoms with Gasteiger partial charge in [0.15, 0.2) is 23.0 Å². The topological polar surface area (TPSA) is 136 Å². The fourth-order valence-corrected chi connectivity index (χ4v) is 3.80. The zero-order valence-corrected chi connectivity index (χ0v) is 15.1. The SMILES string of the molecule is Nc1nc(C(=O)NC2CCCCC2)c(N)nc1C(=O)NC1CCCCC1. The second-order valence-corrected chi connectivity index (χ2v) is 7.31. The van der Waals surface area contributed by atoms with E-state index in [0.29, 0.717) is 0 Å². The Morgan fingerprint density at radius 3 is 1.38 bits per heavy atom. The van der Waals surface area contributed by atoms with E-state index in [1.54, 1.807) is 0 Å². The molecule has 0 radical (unpaired) electrons. The molecule has 26 heavy (non-hydrogen) atoms. The van der Waals surface area contributed by atoms with Crippen molar-refractivity contribution in [3.05, 3.63) is 11.4 Å². The zero-order valence-electron chi connectivity index (χ0n) is 15.1. The number of hydrogen-bond acceptors (Lipinski definition) is 6. The summed E-state index contributed by atoms with van der Waals surface area (Å²) in [5.41, 5.74) is 11.8. The molecule has 6 N–H and O–H groups in total. The van der Waals surface area contributed by atoms with Crippen molar-refractivity contribution in [3.63, 3.8) is 0 Å². The molecule has 0 unspecified atom stereocenters. The molecular formula is C18H28N6O2. The molecule has 0 aliphatic heterocycles. The summed E-state index contributed by atoms with van der Waals surface area (Å²) in [4.78, 5) is 33.0. The summed E-state index contributed by atoms with van der Waals surface area (Å²) in [7, 11) is 0. The van der Waals surface area contributed by atoms with E-state index in [2.05, 4.69) is 20.6 Å². The number of hydrogen-bond donors (Lipinski definition) is 4. The molecule has 0 bridgehead atoms. The summed E-state index contributed by atoms with van der Waals surface area (Å²) in [6, 6.07) is 0.265. The van der Waals surface area contributed by atoms with E-state index in [1.165, 1.54) is 12.8 Å². The van der Waals surface area contributed by atoms with E-state index in [-0.39, 0.29) is 46.9 Å². The van der Waals surface area contributed by atoms with Gasteiger partial charge in [-0.15, -0.1) is 0 Å². The van der Waals surface area contributed by atoms with Crippen LogP contribution < -0.4 is 22.1 Å². The van der Waals surface area contributed by atoms with Crippen LogP contribution in [0.4, 0.5) is 11.6 Å². The molecule has 1 aromatic rings. The molecule has 2 aliphatic carbocycles. The summed E-state index contributed by atoms with van der Waals surface area (Å²) in [6.45, 7) is 0. The average Bonchev–Trinajstić information content (AvgIpc) is 2.64. The number of carbonyl (C=O) groups excluding carboxylic acids is 2. The second-order valence-electron chi connectivity index (χ2n) is 7.31. The molecule has 0 atom stereocenters. The van der Waals surface area contributed by atoms with Crippen molar-refractivity contribution in [1.82, 2.24) is 20.6 Å². The molecule has 8 nitrogen and oxygen atoms in total. The van der Waals surface area contributed by atoms with Gasteiger partial charge in [-0.3, -0.25) is 9.59 Å². The standard InChI is InChI=1S/C18H28N6O2/c19-15-13(17(25)21-11-7-3-1-4-8-11)23-16(20)14(24-15)18(26)22-12-9-5-2-6-10-12/h11-12H,1-10H2,(H2,20,23)(H2,19,24)(H,21,25)(H,22,26). The number of rotatable bonds is 4. The smallest absolute Gasteiger partial charge is 0.274 e. The second kappa shape index (κ2) is 8.33. The highest BCUT2D eigenvalue weighted by molar-refractivity contribution is 6.01. The van der Waals surface area contributed by atoms with Crippen molar-refractivity contribution in [2.75, 3.05) is 11.5 Å². The van der Waals surface area contributed by atoms with Gasteiger partial charge in [0.05, 0.1) is 0 Å². The minimum absolute atomic E-state index is 0.0118. The van der Waals surface area contributed by atoms with Crippen molar-refractivity contribution in [1.29, 1.82) is 0 Å². The third-order valence-corrected chi connectivity index (χ3v) is 5.26. The molecule has 2 amide bonds. The lowest BCUT2D eigenvalue weighted by Gasteiger charge is -2.23. The number of nitrogens with two attached hydrogens (primary N) is 2. The number of aromatic nitrogens is 2.